The number of rotatable bonds is 6. The molecule has 0 unspecified atom stereocenters. The maximum Gasteiger partial charge on any atom is 0.202 e. The molecule has 0 saturated heterocycles. The van der Waals surface area contributed by atoms with Gasteiger partial charge in [-0.2, -0.15) is 5.26 Å². The molecule has 1 heterocycles. The number of aryl methyl sites for hydroxylation is 1. The van der Waals surface area contributed by atoms with Crippen molar-refractivity contribution in [3.63, 3.8) is 0 Å². The number of para-hydroxylation sites is 1. The summed E-state index contributed by atoms with van der Waals surface area (Å²) in [5.74, 6) is 0.328. The van der Waals surface area contributed by atoms with Crippen molar-refractivity contribution in [3.8, 4) is 11.8 Å². The number of hydrogen-bond donors (Lipinski definition) is 0. The van der Waals surface area contributed by atoms with Crippen molar-refractivity contribution in [3.05, 3.63) is 65.5 Å². The highest BCUT2D eigenvalue weighted by atomic mass is 16.5. The molecule has 4 nitrogen and oxygen atoms in total. The number of carbonyl (C=O) groups is 1. The van der Waals surface area contributed by atoms with Crippen molar-refractivity contribution < 1.29 is 9.53 Å². The fourth-order valence-corrected chi connectivity index (χ4v) is 2.40. The van der Waals surface area contributed by atoms with E-state index >= 15 is 0 Å². The molecule has 4 heteroatoms. The van der Waals surface area contributed by atoms with E-state index in [0.29, 0.717) is 23.4 Å². The summed E-state index contributed by atoms with van der Waals surface area (Å²) in [6.45, 7) is 8.18. The number of benzene rings is 1. The van der Waals surface area contributed by atoms with E-state index in [9.17, 15) is 4.79 Å². The quantitative estimate of drug-likeness (QED) is 0.606. The van der Waals surface area contributed by atoms with Gasteiger partial charge in [-0.1, -0.05) is 18.2 Å². The van der Waals surface area contributed by atoms with Crippen LogP contribution in [0.25, 0.3) is 0 Å². The first-order chi connectivity index (χ1) is 10.6. The lowest BCUT2D eigenvalue weighted by atomic mass is 10.1. The smallest absolute Gasteiger partial charge is 0.202 e. The van der Waals surface area contributed by atoms with Gasteiger partial charge >= 0.3 is 0 Å². The molecule has 0 N–H and O–H groups in total. The Hall–Kier alpha value is -2.80. The predicted molar refractivity (Wildman–Crippen MR) is 85.1 cm³/mol. The maximum absolute atomic E-state index is 12.4. The summed E-state index contributed by atoms with van der Waals surface area (Å²) in [7, 11) is 0. The molecule has 0 spiro atoms. The molecular weight excluding hydrogens is 276 g/mol. The summed E-state index contributed by atoms with van der Waals surface area (Å²) in [6, 6.07) is 10.8. The molecule has 0 aliphatic carbocycles. The van der Waals surface area contributed by atoms with E-state index in [2.05, 4.69) is 6.58 Å². The van der Waals surface area contributed by atoms with Crippen molar-refractivity contribution in [1.29, 1.82) is 5.26 Å². The number of allylic oxidation sites excluding steroid dienone is 1. The lowest BCUT2D eigenvalue weighted by Gasteiger charge is -2.08. The fraction of sp³-hybridized carbons (Fsp3) is 0.222. The van der Waals surface area contributed by atoms with E-state index < -0.39 is 0 Å². The fourth-order valence-electron chi connectivity index (χ4n) is 2.40. The summed E-state index contributed by atoms with van der Waals surface area (Å²) < 4.78 is 7.54. The first-order valence-electron chi connectivity index (χ1n) is 7.01. The summed E-state index contributed by atoms with van der Waals surface area (Å²) in [5, 5.41) is 9.02. The van der Waals surface area contributed by atoms with Crippen molar-refractivity contribution in [2.75, 3.05) is 6.61 Å². The first-order valence-corrected chi connectivity index (χ1v) is 7.01. The zero-order valence-electron chi connectivity index (χ0n) is 12.8. The van der Waals surface area contributed by atoms with Gasteiger partial charge < -0.3 is 9.30 Å². The van der Waals surface area contributed by atoms with Gasteiger partial charge in [0, 0.05) is 23.5 Å². The number of hydrogen-bond acceptors (Lipinski definition) is 3. The van der Waals surface area contributed by atoms with E-state index in [-0.39, 0.29) is 12.4 Å². The van der Waals surface area contributed by atoms with Crippen LogP contribution in [0.4, 0.5) is 0 Å². The van der Waals surface area contributed by atoms with Crippen LogP contribution in [-0.4, -0.2) is 17.0 Å². The monoisotopic (exact) mass is 294 g/mol. The van der Waals surface area contributed by atoms with Crippen molar-refractivity contribution >= 4 is 5.78 Å². The first kappa shape index (κ1) is 15.6. The van der Waals surface area contributed by atoms with Gasteiger partial charge in [-0.3, -0.25) is 4.79 Å². The zero-order chi connectivity index (χ0) is 16.1. The molecule has 112 valence electrons. The molecular formula is C18H18N2O2. The van der Waals surface area contributed by atoms with E-state index in [1.54, 1.807) is 30.3 Å². The van der Waals surface area contributed by atoms with Crippen LogP contribution in [0.1, 0.15) is 27.3 Å². The average Bonchev–Trinajstić information content (AvgIpc) is 2.81. The minimum atomic E-state index is -0.101. The molecule has 2 rings (SSSR count). The second-order valence-electron chi connectivity index (χ2n) is 5.00. The molecule has 1 aromatic heterocycles. The van der Waals surface area contributed by atoms with Crippen LogP contribution in [0.5, 0.6) is 5.75 Å². The number of ketones is 1. The van der Waals surface area contributed by atoms with Gasteiger partial charge in [-0.05, 0) is 32.0 Å². The SMILES string of the molecule is C=CCn1c(C)cc(C(=O)COc2ccccc2C#N)c1C. The van der Waals surface area contributed by atoms with Gasteiger partial charge in [0.25, 0.3) is 0 Å². The summed E-state index contributed by atoms with van der Waals surface area (Å²) in [5.41, 5.74) is 2.99. The van der Waals surface area contributed by atoms with Crippen LogP contribution in [0.2, 0.25) is 0 Å². The zero-order valence-corrected chi connectivity index (χ0v) is 12.8. The summed E-state index contributed by atoms with van der Waals surface area (Å²) in [4.78, 5) is 12.4. The van der Waals surface area contributed by atoms with Crippen LogP contribution in [0, 0.1) is 25.2 Å². The van der Waals surface area contributed by atoms with Gasteiger partial charge in [0.1, 0.15) is 11.8 Å². The third-order valence-electron chi connectivity index (χ3n) is 3.55. The van der Waals surface area contributed by atoms with E-state index in [4.69, 9.17) is 10.00 Å². The molecule has 2 aromatic rings. The van der Waals surface area contributed by atoms with Gasteiger partial charge in [-0.15, -0.1) is 6.58 Å². The minimum absolute atomic E-state index is 0.0862. The largest absolute Gasteiger partial charge is 0.484 e. The van der Waals surface area contributed by atoms with Crippen LogP contribution < -0.4 is 4.74 Å². The molecule has 0 saturated carbocycles. The second kappa shape index (κ2) is 6.77. The molecule has 0 aliphatic heterocycles. The highest BCUT2D eigenvalue weighted by Crippen LogP contribution is 2.19. The Kier molecular flexibility index (Phi) is 4.80. The third kappa shape index (κ3) is 3.09. The number of aromatic nitrogens is 1. The third-order valence-corrected chi connectivity index (χ3v) is 3.55. The Morgan fingerprint density at radius 1 is 1.41 bits per heavy atom. The maximum atomic E-state index is 12.4. The van der Waals surface area contributed by atoms with E-state index in [1.807, 2.05) is 30.6 Å². The number of nitriles is 1. The normalized spacial score (nSPS) is 10.0. The highest BCUT2D eigenvalue weighted by molar-refractivity contribution is 5.98. The summed E-state index contributed by atoms with van der Waals surface area (Å²) in [6.07, 6.45) is 1.80. The molecule has 0 bridgehead atoms. The van der Waals surface area contributed by atoms with Gasteiger partial charge in [0.05, 0.1) is 5.56 Å². The molecule has 22 heavy (non-hydrogen) atoms. The topological polar surface area (TPSA) is 55.0 Å². The minimum Gasteiger partial charge on any atom is -0.484 e. The molecule has 1 aromatic carbocycles. The molecule has 0 aliphatic rings. The second-order valence-corrected chi connectivity index (χ2v) is 5.00. The van der Waals surface area contributed by atoms with Crippen molar-refractivity contribution in [2.45, 2.75) is 20.4 Å². The van der Waals surface area contributed by atoms with Gasteiger partial charge in [0.15, 0.2) is 6.61 Å². The number of Topliss-reactive ketones (excluding diaryl/α,β-unsaturated/α-hetero) is 1. The summed E-state index contributed by atoms with van der Waals surface area (Å²) >= 11 is 0. The Morgan fingerprint density at radius 2 is 2.14 bits per heavy atom. The van der Waals surface area contributed by atoms with Crippen LogP contribution in [0.3, 0.4) is 0 Å². The Bertz CT molecular complexity index is 751. The van der Waals surface area contributed by atoms with E-state index in [0.717, 1.165) is 11.4 Å². The lowest BCUT2D eigenvalue weighted by Crippen LogP contribution is -2.13. The van der Waals surface area contributed by atoms with E-state index in [1.165, 1.54) is 0 Å². The predicted octanol–water partition coefficient (Wildman–Crippen LogP) is 3.42. The standard InChI is InChI=1S/C18H18N2O2/c1-4-9-20-13(2)10-16(14(20)3)17(21)12-22-18-8-6-5-7-15(18)11-19/h4-8,10H,1,9,12H2,2-3H3. The Morgan fingerprint density at radius 3 is 2.82 bits per heavy atom. The van der Waals surface area contributed by atoms with Crippen molar-refractivity contribution in [1.82, 2.24) is 4.57 Å². The lowest BCUT2D eigenvalue weighted by molar-refractivity contribution is 0.0920. The van der Waals surface area contributed by atoms with Gasteiger partial charge in [0.2, 0.25) is 5.78 Å². The van der Waals surface area contributed by atoms with Crippen LogP contribution in [0.15, 0.2) is 43.0 Å². The van der Waals surface area contributed by atoms with Crippen LogP contribution in [-0.2, 0) is 6.54 Å². The average molecular weight is 294 g/mol. The Labute approximate surface area is 130 Å². The number of ether oxygens (including phenoxy) is 1. The molecule has 0 atom stereocenters. The molecule has 0 amide bonds. The van der Waals surface area contributed by atoms with Crippen LogP contribution >= 0.6 is 0 Å². The molecule has 0 radical (unpaired) electrons. The Balaban J connectivity index is 2.15. The number of carbonyl (C=O) groups excluding carboxylic acids is 1. The molecule has 0 fully saturated rings. The number of nitrogens with zero attached hydrogens (tertiary/aromatic N) is 2. The van der Waals surface area contributed by atoms with Crippen molar-refractivity contribution in [2.24, 2.45) is 0 Å². The van der Waals surface area contributed by atoms with Gasteiger partial charge in [-0.25, -0.2) is 0 Å². The highest BCUT2D eigenvalue weighted by Gasteiger charge is 2.16.